The van der Waals surface area contributed by atoms with Gasteiger partial charge in [0.05, 0.1) is 14.1 Å². The third-order valence-electron chi connectivity index (χ3n) is 2.86. The van der Waals surface area contributed by atoms with Crippen molar-refractivity contribution in [2.75, 3.05) is 12.4 Å². The summed E-state index contributed by atoms with van der Waals surface area (Å²) in [6.07, 6.45) is 0. The van der Waals surface area contributed by atoms with E-state index in [0.29, 0.717) is 0 Å². The SMILES string of the molecule is CNc1nc(-c2sccc2C)nc(C(C)(C)C)c1I. The summed E-state index contributed by atoms with van der Waals surface area (Å²) < 4.78 is 1.10. The molecular weight excluding hydrogens is 369 g/mol. The summed E-state index contributed by atoms with van der Waals surface area (Å²) in [5.41, 5.74) is 2.33. The van der Waals surface area contributed by atoms with Crippen molar-refractivity contribution in [1.82, 2.24) is 9.97 Å². The Kier molecular flexibility index (Phi) is 4.15. The molecule has 0 radical (unpaired) electrons. The first-order valence-corrected chi connectivity index (χ1v) is 8.10. The lowest BCUT2D eigenvalue weighted by molar-refractivity contribution is 0.564. The smallest absolute Gasteiger partial charge is 0.172 e. The predicted octanol–water partition coefficient (Wildman–Crippen LogP) is 4.46. The molecule has 102 valence electrons. The zero-order chi connectivity index (χ0) is 14.2. The van der Waals surface area contributed by atoms with Crippen molar-refractivity contribution in [2.24, 2.45) is 0 Å². The van der Waals surface area contributed by atoms with E-state index in [2.05, 4.69) is 72.0 Å². The molecule has 1 N–H and O–H groups in total. The molecule has 0 aliphatic carbocycles. The third kappa shape index (κ3) is 2.91. The minimum Gasteiger partial charge on any atom is -0.372 e. The van der Waals surface area contributed by atoms with Crippen LogP contribution in [-0.4, -0.2) is 17.0 Å². The molecule has 0 spiro atoms. The van der Waals surface area contributed by atoms with Gasteiger partial charge in [-0.15, -0.1) is 11.3 Å². The van der Waals surface area contributed by atoms with Gasteiger partial charge in [0, 0.05) is 12.5 Å². The van der Waals surface area contributed by atoms with Gasteiger partial charge < -0.3 is 5.32 Å². The van der Waals surface area contributed by atoms with E-state index in [1.165, 1.54) is 5.56 Å². The maximum Gasteiger partial charge on any atom is 0.172 e. The number of aromatic nitrogens is 2. The van der Waals surface area contributed by atoms with Gasteiger partial charge in [-0.1, -0.05) is 20.8 Å². The van der Waals surface area contributed by atoms with E-state index in [1.54, 1.807) is 11.3 Å². The maximum absolute atomic E-state index is 4.81. The van der Waals surface area contributed by atoms with Crippen LogP contribution in [0.4, 0.5) is 5.82 Å². The Labute approximate surface area is 132 Å². The first kappa shape index (κ1) is 14.7. The van der Waals surface area contributed by atoms with Gasteiger partial charge in [-0.05, 0) is 46.5 Å². The highest BCUT2D eigenvalue weighted by atomic mass is 127. The summed E-state index contributed by atoms with van der Waals surface area (Å²) in [6, 6.07) is 2.11. The van der Waals surface area contributed by atoms with Crippen molar-refractivity contribution >= 4 is 39.7 Å². The molecule has 5 heteroatoms. The zero-order valence-electron chi connectivity index (χ0n) is 11.8. The monoisotopic (exact) mass is 387 g/mol. The van der Waals surface area contributed by atoms with Gasteiger partial charge in [0.15, 0.2) is 5.82 Å². The number of nitrogens with one attached hydrogen (secondary N) is 1. The van der Waals surface area contributed by atoms with Crippen LogP contribution in [0.25, 0.3) is 10.7 Å². The first-order chi connectivity index (χ1) is 8.84. The number of halogens is 1. The first-order valence-electron chi connectivity index (χ1n) is 6.15. The van der Waals surface area contributed by atoms with Crippen molar-refractivity contribution in [2.45, 2.75) is 33.1 Å². The maximum atomic E-state index is 4.81. The molecule has 19 heavy (non-hydrogen) atoms. The van der Waals surface area contributed by atoms with Gasteiger partial charge in [0.1, 0.15) is 5.82 Å². The van der Waals surface area contributed by atoms with Crippen LogP contribution in [0.1, 0.15) is 32.0 Å². The highest BCUT2D eigenvalue weighted by molar-refractivity contribution is 14.1. The second kappa shape index (κ2) is 5.36. The molecule has 0 atom stereocenters. The van der Waals surface area contributed by atoms with Crippen LogP contribution in [0.2, 0.25) is 0 Å². The molecule has 0 aliphatic rings. The normalized spacial score (nSPS) is 11.7. The zero-order valence-corrected chi connectivity index (χ0v) is 14.8. The minimum absolute atomic E-state index is 0.00494. The molecule has 2 aromatic heterocycles. The van der Waals surface area contributed by atoms with Crippen molar-refractivity contribution in [3.8, 4) is 10.7 Å². The van der Waals surface area contributed by atoms with Gasteiger partial charge in [-0.3, -0.25) is 0 Å². The van der Waals surface area contributed by atoms with Crippen LogP contribution in [0, 0.1) is 10.5 Å². The number of hydrogen-bond donors (Lipinski definition) is 1. The van der Waals surface area contributed by atoms with Crippen LogP contribution in [0.15, 0.2) is 11.4 Å². The summed E-state index contributed by atoms with van der Waals surface area (Å²) in [5.74, 6) is 1.73. The predicted molar refractivity (Wildman–Crippen MR) is 91.0 cm³/mol. The molecule has 0 aromatic carbocycles. The molecule has 3 nitrogen and oxygen atoms in total. The minimum atomic E-state index is 0.00494. The number of nitrogens with zero attached hydrogens (tertiary/aromatic N) is 2. The summed E-state index contributed by atoms with van der Waals surface area (Å²) in [7, 11) is 1.90. The van der Waals surface area contributed by atoms with Gasteiger partial charge >= 0.3 is 0 Å². The highest BCUT2D eigenvalue weighted by Gasteiger charge is 2.23. The summed E-state index contributed by atoms with van der Waals surface area (Å²) >= 11 is 4.02. The lowest BCUT2D eigenvalue weighted by Gasteiger charge is -2.21. The Morgan fingerprint density at radius 1 is 1.26 bits per heavy atom. The largest absolute Gasteiger partial charge is 0.372 e. The number of hydrogen-bond acceptors (Lipinski definition) is 4. The Morgan fingerprint density at radius 3 is 2.42 bits per heavy atom. The molecule has 0 saturated heterocycles. The number of anilines is 1. The Balaban J connectivity index is 2.68. The Hall–Kier alpha value is -0.690. The topological polar surface area (TPSA) is 37.8 Å². The fourth-order valence-electron chi connectivity index (χ4n) is 1.81. The third-order valence-corrected chi connectivity index (χ3v) is 4.90. The van der Waals surface area contributed by atoms with Crippen LogP contribution in [0.3, 0.4) is 0 Å². The molecule has 0 amide bonds. The second-order valence-electron chi connectivity index (χ2n) is 5.49. The molecule has 0 aliphatic heterocycles. The highest BCUT2D eigenvalue weighted by Crippen LogP contribution is 2.33. The Morgan fingerprint density at radius 2 is 1.95 bits per heavy atom. The van der Waals surface area contributed by atoms with E-state index < -0.39 is 0 Å². The molecule has 0 bridgehead atoms. The molecule has 0 unspecified atom stereocenters. The molecule has 2 heterocycles. The summed E-state index contributed by atoms with van der Waals surface area (Å²) in [5, 5.41) is 5.26. The van der Waals surface area contributed by atoms with E-state index in [-0.39, 0.29) is 5.41 Å². The van der Waals surface area contributed by atoms with Gasteiger partial charge in [0.25, 0.3) is 0 Å². The van der Waals surface area contributed by atoms with Crippen LogP contribution in [0.5, 0.6) is 0 Å². The number of aryl methyl sites for hydroxylation is 1. The second-order valence-corrected chi connectivity index (χ2v) is 7.49. The molecule has 0 fully saturated rings. The van der Waals surface area contributed by atoms with Crippen molar-refractivity contribution < 1.29 is 0 Å². The van der Waals surface area contributed by atoms with E-state index in [4.69, 9.17) is 4.98 Å². The van der Waals surface area contributed by atoms with Gasteiger partial charge in [0.2, 0.25) is 0 Å². The fourth-order valence-corrected chi connectivity index (χ4v) is 3.99. The molecule has 2 rings (SSSR count). The fraction of sp³-hybridized carbons (Fsp3) is 0.429. The van der Waals surface area contributed by atoms with E-state index in [1.807, 2.05) is 7.05 Å². The van der Waals surface area contributed by atoms with Crippen molar-refractivity contribution in [3.63, 3.8) is 0 Å². The Bertz CT molecular complexity index is 599. The van der Waals surface area contributed by atoms with Crippen molar-refractivity contribution in [1.29, 1.82) is 0 Å². The van der Waals surface area contributed by atoms with Gasteiger partial charge in [-0.2, -0.15) is 0 Å². The van der Waals surface area contributed by atoms with E-state index in [0.717, 1.165) is 25.8 Å². The summed E-state index contributed by atoms with van der Waals surface area (Å²) in [6.45, 7) is 8.65. The van der Waals surface area contributed by atoms with E-state index in [9.17, 15) is 0 Å². The summed E-state index contributed by atoms with van der Waals surface area (Å²) in [4.78, 5) is 10.6. The van der Waals surface area contributed by atoms with Crippen LogP contribution < -0.4 is 5.32 Å². The van der Waals surface area contributed by atoms with Gasteiger partial charge in [-0.25, -0.2) is 9.97 Å². The number of rotatable bonds is 2. The van der Waals surface area contributed by atoms with Crippen molar-refractivity contribution in [3.05, 3.63) is 26.3 Å². The molecule has 0 saturated carbocycles. The molecular formula is C14H18IN3S. The quantitative estimate of drug-likeness (QED) is 0.774. The van der Waals surface area contributed by atoms with Crippen LogP contribution >= 0.6 is 33.9 Å². The average Bonchev–Trinajstić information content (AvgIpc) is 2.74. The van der Waals surface area contributed by atoms with Crippen LogP contribution in [-0.2, 0) is 5.41 Å². The molecule has 2 aromatic rings. The standard InChI is InChI=1S/C14H18IN3S/c1-8-6-7-19-10(8)13-17-11(14(2,3)4)9(15)12(16-5)18-13/h6-7H,1-5H3,(H,16,17,18). The number of thiophene rings is 1. The van der Waals surface area contributed by atoms with E-state index >= 15 is 0 Å². The lowest BCUT2D eigenvalue weighted by atomic mass is 9.92. The lowest BCUT2D eigenvalue weighted by Crippen LogP contribution is -2.18. The average molecular weight is 387 g/mol.